The zero-order chi connectivity index (χ0) is 14.2. The molecule has 1 heterocycles. The van der Waals surface area contributed by atoms with Gasteiger partial charge in [-0.2, -0.15) is 0 Å². The van der Waals surface area contributed by atoms with Gasteiger partial charge in [0.25, 0.3) is 0 Å². The third-order valence-electron chi connectivity index (χ3n) is 4.24. The Bertz CT molecular complexity index is 385. The Morgan fingerprint density at radius 3 is 2.90 bits per heavy atom. The van der Waals surface area contributed by atoms with Crippen molar-refractivity contribution in [1.29, 1.82) is 0 Å². The monoisotopic (exact) mass is 275 g/mol. The highest BCUT2D eigenvalue weighted by Crippen LogP contribution is 2.31. The second-order valence-corrected chi connectivity index (χ2v) is 5.78. The molecule has 0 fully saturated rings. The van der Waals surface area contributed by atoms with Crippen LogP contribution < -0.4 is 5.32 Å². The molecule has 1 N–H and O–H groups in total. The van der Waals surface area contributed by atoms with Gasteiger partial charge in [-0.1, -0.05) is 44.5 Å². The first-order chi connectivity index (χ1) is 9.85. The van der Waals surface area contributed by atoms with E-state index in [9.17, 15) is 0 Å². The van der Waals surface area contributed by atoms with E-state index < -0.39 is 0 Å². The Hall–Kier alpha value is -0.860. The van der Waals surface area contributed by atoms with Crippen LogP contribution in [0.25, 0.3) is 0 Å². The number of nitrogens with one attached hydrogen (secondary N) is 1. The fraction of sp³-hybridized carbons (Fsp3) is 0.667. The maximum atomic E-state index is 5.99. The number of fused-ring (bicyclic) bond motifs is 1. The summed E-state index contributed by atoms with van der Waals surface area (Å²) in [5, 5.41) is 3.60. The molecule has 2 nitrogen and oxygen atoms in total. The molecule has 1 aromatic carbocycles. The molecule has 0 bridgehead atoms. The van der Waals surface area contributed by atoms with Crippen molar-refractivity contribution >= 4 is 0 Å². The summed E-state index contributed by atoms with van der Waals surface area (Å²) in [5.74, 6) is 0. The molecule has 0 saturated carbocycles. The minimum atomic E-state index is 0.323. The number of rotatable bonds is 8. The molecule has 0 amide bonds. The maximum Gasteiger partial charge on any atom is 0.0827 e. The molecule has 0 spiro atoms. The Morgan fingerprint density at radius 1 is 1.25 bits per heavy atom. The standard InChI is InChI=1S/C18H29NO/c1-3-8-16(19-4-2)10-7-12-18-17-11-6-5-9-15(17)13-14-20-18/h5-6,9,11,16,18-19H,3-4,7-8,10,12-14H2,1-2H3. The minimum Gasteiger partial charge on any atom is -0.373 e. The maximum absolute atomic E-state index is 5.99. The van der Waals surface area contributed by atoms with Crippen molar-refractivity contribution in [2.75, 3.05) is 13.2 Å². The van der Waals surface area contributed by atoms with Crippen LogP contribution in [0.1, 0.15) is 63.2 Å². The Morgan fingerprint density at radius 2 is 2.10 bits per heavy atom. The lowest BCUT2D eigenvalue weighted by molar-refractivity contribution is 0.0344. The van der Waals surface area contributed by atoms with E-state index in [0.29, 0.717) is 12.1 Å². The van der Waals surface area contributed by atoms with Crippen LogP contribution in [0.3, 0.4) is 0 Å². The van der Waals surface area contributed by atoms with Crippen LogP contribution in [0.5, 0.6) is 0 Å². The van der Waals surface area contributed by atoms with Crippen LogP contribution in [-0.2, 0) is 11.2 Å². The van der Waals surface area contributed by atoms with Crippen LogP contribution in [0.2, 0.25) is 0 Å². The zero-order valence-electron chi connectivity index (χ0n) is 13.0. The van der Waals surface area contributed by atoms with Gasteiger partial charge in [-0.05, 0) is 49.8 Å². The highest BCUT2D eigenvalue weighted by atomic mass is 16.5. The molecule has 2 heteroatoms. The van der Waals surface area contributed by atoms with Crippen LogP contribution in [0.15, 0.2) is 24.3 Å². The van der Waals surface area contributed by atoms with Crippen molar-refractivity contribution in [3.63, 3.8) is 0 Å². The third-order valence-corrected chi connectivity index (χ3v) is 4.24. The summed E-state index contributed by atoms with van der Waals surface area (Å²) in [6.45, 7) is 6.43. The third kappa shape index (κ3) is 4.32. The summed E-state index contributed by atoms with van der Waals surface area (Å²) in [6.07, 6.45) is 7.62. The van der Waals surface area contributed by atoms with Gasteiger partial charge in [0.05, 0.1) is 12.7 Å². The molecule has 0 saturated heterocycles. The van der Waals surface area contributed by atoms with Gasteiger partial charge in [0.15, 0.2) is 0 Å². The van der Waals surface area contributed by atoms with Gasteiger partial charge in [0.2, 0.25) is 0 Å². The molecule has 2 atom stereocenters. The number of hydrogen-bond donors (Lipinski definition) is 1. The van der Waals surface area contributed by atoms with Crippen molar-refractivity contribution in [3.05, 3.63) is 35.4 Å². The highest BCUT2D eigenvalue weighted by molar-refractivity contribution is 5.30. The fourth-order valence-electron chi connectivity index (χ4n) is 3.25. The lowest BCUT2D eigenvalue weighted by atomic mass is 9.93. The smallest absolute Gasteiger partial charge is 0.0827 e. The zero-order valence-corrected chi connectivity index (χ0v) is 13.0. The van der Waals surface area contributed by atoms with E-state index in [1.54, 1.807) is 0 Å². The van der Waals surface area contributed by atoms with Crippen molar-refractivity contribution < 1.29 is 4.74 Å². The van der Waals surface area contributed by atoms with Gasteiger partial charge in [-0.25, -0.2) is 0 Å². The van der Waals surface area contributed by atoms with E-state index in [2.05, 4.69) is 43.4 Å². The van der Waals surface area contributed by atoms with Gasteiger partial charge in [-0.3, -0.25) is 0 Å². The molecule has 20 heavy (non-hydrogen) atoms. The number of benzene rings is 1. The fourth-order valence-corrected chi connectivity index (χ4v) is 3.25. The molecule has 0 aromatic heterocycles. The first kappa shape index (κ1) is 15.5. The van der Waals surface area contributed by atoms with E-state index in [1.165, 1.54) is 36.8 Å². The van der Waals surface area contributed by atoms with E-state index in [0.717, 1.165) is 26.0 Å². The second kappa shape index (κ2) is 8.43. The molecule has 1 aliphatic rings. The van der Waals surface area contributed by atoms with Crippen LogP contribution >= 0.6 is 0 Å². The largest absolute Gasteiger partial charge is 0.373 e. The van der Waals surface area contributed by atoms with Gasteiger partial charge in [0, 0.05) is 6.04 Å². The number of ether oxygens (including phenoxy) is 1. The Labute approximate surface area is 123 Å². The molecule has 1 aliphatic heterocycles. The summed E-state index contributed by atoms with van der Waals surface area (Å²) in [7, 11) is 0. The molecule has 2 unspecified atom stereocenters. The Kier molecular flexibility index (Phi) is 6.55. The lowest BCUT2D eigenvalue weighted by Crippen LogP contribution is -2.28. The predicted molar refractivity (Wildman–Crippen MR) is 85.1 cm³/mol. The summed E-state index contributed by atoms with van der Waals surface area (Å²) >= 11 is 0. The summed E-state index contributed by atoms with van der Waals surface area (Å²) < 4.78 is 5.99. The molecule has 2 rings (SSSR count). The summed E-state index contributed by atoms with van der Waals surface area (Å²) in [6, 6.07) is 9.46. The first-order valence-corrected chi connectivity index (χ1v) is 8.28. The van der Waals surface area contributed by atoms with Crippen LogP contribution in [0.4, 0.5) is 0 Å². The summed E-state index contributed by atoms with van der Waals surface area (Å²) in [5.41, 5.74) is 2.91. The van der Waals surface area contributed by atoms with Crippen molar-refractivity contribution in [1.82, 2.24) is 5.32 Å². The highest BCUT2D eigenvalue weighted by Gasteiger charge is 2.20. The van der Waals surface area contributed by atoms with E-state index in [1.807, 2.05) is 0 Å². The lowest BCUT2D eigenvalue weighted by Gasteiger charge is -2.26. The van der Waals surface area contributed by atoms with Crippen molar-refractivity contribution in [3.8, 4) is 0 Å². The molecule has 1 aromatic rings. The van der Waals surface area contributed by atoms with Gasteiger partial charge >= 0.3 is 0 Å². The quantitative estimate of drug-likeness (QED) is 0.766. The van der Waals surface area contributed by atoms with E-state index >= 15 is 0 Å². The van der Waals surface area contributed by atoms with Crippen molar-refractivity contribution in [2.45, 2.75) is 64.5 Å². The molecular formula is C18H29NO. The van der Waals surface area contributed by atoms with Crippen molar-refractivity contribution in [2.24, 2.45) is 0 Å². The average molecular weight is 275 g/mol. The molecular weight excluding hydrogens is 246 g/mol. The second-order valence-electron chi connectivity index (χ2n) is 5.78. The molecule has 112 valence electrons. The predicted octanol–water partition coefficient (Wildman–Crippen LogP) is 4.25. The summed E-state index contributed by atoms with van der Waals surface area (Å²) in [4.78, 5) is 0. The van der Waals surface area contributed by atoms with Gasteiger partial charge in [0.1, 0.15) is 0 Å². The number of hydrogen-bond acceptors (Lipinski definition) is 2. The minimum absolute atomic E-state index is 0.323. The van der Waals surface area contributed by atoms with Crippen LogP contribution in [-0.4, -0.2) is 19.2 Å². The topological polar surface area (TPSA) is 21.3 Å². The average Bonchev–Trinajstić information content (AvgIpc) is 2.48. The van der Waals surface area contributed by atoms with Gasteiger partial charge in [-0.15, -0.1) is 0 Å². The normalized spacial score (nSPS) is 19.6. The van der Waals surface area contributed by atoms with Crippen LogP contribution in [0, 0.1) is 0 Å². The first-order valence-electron chi connectivity index (χ1n) is 8.28. The molecule has 0 aliphatic carbocycles. The van der Waals surface area contributed by atoms with Gasteiger partial charge < -0.3 is 10.1 Å². The Balaban J connectivity index is 1.82. The van der Waals surface area contributed by atoms with E-state index in [-0.39, 0.29) is 0 Å². The van der Waals surface area contributed by atoms with E-state index in [4.69, 9.17) is 4.74 Å². The molecule has 0 radical (unpaired) electrons. The SMILES string of the molecule is CCCC(CCCC1OCCc2ccccc21)NCC.